The fourth-order valence-corrected chi connectivity index (χ4v) is 2.66. The molecule has 0 unspecified atom stereocenters. The molecule has 0 fully saturated rings. The van der Waals surface area contributed by atoms with E-state index < -0.39 is 17.8 Å². The number of halogens is 1. The lowest BCUT2D eigenvalue weighted by atomic mass is 10.3. The molecule has 2 aromatic rings. The summed E-state index contributed by atoms with van der Waals surface area (Å²) in [5.74, 6) is -1.57. The molecule has 10 nitrogen and oxygen atoms in total. The van der Waals surface area contributed by atoms with Gasteiger partial charge in [-0.2, -0.15) is 4.98 Å². The van der Waals surface area contributed by atoms with Crippen molar-refractivity contribution in [3.63, 3.8) is 0 Å². The Morgan fingerprint density at radius 2 is 1.94 bits per heavy atom. The van der Waals surface area contributed by atoms with E-state index in [0.717, 1.165) is 0 Å². The number of aliphatic carboxylic acids is 1. The topological polar surface area (TPSA) is 138 Å². The molecule has 0 atom stereocenters. The molecule has 0 saturated heterocycles. The largest absolute Gasteiger partial charge is 0.481 e. The maximum atomic E-state index is 13.9. The first-order chi connectivity index (χ1) is 15.4. The Bertz CT molecular complexity index is 946. The van der Waals surface area contributed by atoms with Crippen LogP contribution in [0.2, 0.25) is 0 Å². The molecule has 12 heteroatoms. The summed E-state index contributed by atoms with van der Waals surface area (Å²) in [6, 6.07) is 6.09. The van der Waals surface area contributed by atoms with Crippen LogP contribution in [0.4, 0.5) is 21.8 Å². The van der Waals surface area contributed by atoms with Crippen molar-refractivity contribution in [2.45, 2.75) is 19.8 Å². The number of nitrogens with one attached hydrogen (secondary N) is 4. The Kier molecular flexibility index (Phi) is 10.0. The zero-order valence-electron chi connectivity index (χ0n) is 17.5. The van der Waals surface area contributed by atoms with E-state index >= 15 is 0 Å². The van der Waals surface area contributed by atoms with Crippen molar-refractivity contribution in [1.29, 1.82) is 0 Å². The number of ether oxygens (including phenoxy) is 1. The zero-order chi connectivity index (χ0) is 23.3. The minimum absolute atomic E-state index is 0.0308. The fraction of sp³-hybridized carbons (Fsp3) is 0.350. The van der Waals surface area contributed by atoms with Gasteiger partial charge in [-0.3, -0.25) is 4.79 Å². The summed E-state index contributed by atoms with van der Waals surface area (Å²) >= 11 is 5.07. The lowest BCUT2D eigenvalue weighted by Gasteiger charge is -2.13. The number of carbonyl (C=O) groups is 2. The number of nitrogens with zero attached hydrogens (tertiary/aromatic N) is 2. The SMILES string of the molecule is CCOC(=O)c1cnc(Nc2ccccc2F)nc1NCCCNC(=S)NCCC(=O)O. The Morgan fingerprint density at radius 3 is 2.66 bits per heavy atom. The van der Waals surface area contributed by atoms with Crippen molar-refractivity contribution in [3.8, 4) is 0 Å². The first-order valence-corrected chi connectivity index (χ1v) is 10.3. The van der Waals surface area contributed by atoms with Gasteiger partial charge in [0.1, 0.15) is 17.2 Å². The third-order valence-corrected chi connectivity index (χ3v) is 4.25. The molecule has 1 aromatic carbocycles. The highest BCUT2D eigenvalue weighted by molar-refractivity contribution is 7.80. The lowest BCUT2D eigenvalue weighted by molar-refractivity contribution is -0.136. The number of esters is 1. The van der Waals surface area contributed by atoms with Gasteiger partial charge in [-0.15, -0.1) is 0 Å². The van der Waals surface area contributed by atoms with Crippen molar-refractivity contribution in [3.05, 3.63) is 41.8 Å². The van der Waals surface area contributed by atoms with Gasteiger partial charge in [-0.25, -0.2) is 14.2 Å². The number of anilines is 3. The van der Waals surface area contributed by atoms with Crippen LogP contribution in [0.1, 0.15) is 30.1 Å². The molecular weight excluding hydrogens is 439 g/mol. The van der Waals surface area contributed by atoms with E-state index in [1.807, 2.05) is 0 Å². The maximum Gasteiger partial charge on any atom is 0.343 e. The molecule has 0 bridgehead atoms. The van der Waals surface area contributed by atoms with Gasteiger partial charge in [0, 0.05) is 25.8 Å². The summed E-state index contributed by atoms with van der Waals surface area (Å²) in [6.07, 6.45) is 1.90. The molecule has 0 aliphatic carbocycles. The molecule has 0 amide bonds. The van der Waals surface area contributed by atoms with Crippen molar-refractivity contribution in [2.75, 3.05) is 36.9 Å². The van der Waals surface area contributed by atoms with Gasteiger partial charge in [0.25, 0.3) is 0 Å². The van der Waals surface area contributed by atoms with Gasteiger partial charge in [0.2, 0.25) is 5.95 Å². The molecule has 0 aliphatic heterocycles. The van der Waals surface area contributed by atoms with Crippen molar-refractivity contribution in [2.24, 2.45) is 0 Å². The molecule has 172 valence electrons. The molecule has 0 radical (unpaired) electrons. The van der Waals surface area contributed by atoms with Crippen LogP contribution >= 0.6 is 12.2 Å². The zero-order valence-corrected chi connectivity index (χ0v) is 18.3. The average molecular weight is 465 g/mol. The van der Waals surface area contributed by atoms with E-state index in [2.05, 4.69) is 31.2 Å². The van der Waals surface area contributed by atoms with E-state index in [9.17, 15) is 14.0 Å². The number of carbonyl (C=O) groups excluding carboxylic acids is 1. The third kappa shape index (κ3) is 8.30. The van der Waals surface area contributed by atoms with Crippen molar-refractivity contribution < 1.29 is 23.8 Å². The van der Waals surface area contributed by atoms with Gasteiger partial charge >= 0.3 is 11.9 Å². The van der Waals surface area contributed by atoms with Crippen LogP contribution in [0.15, 0.2) is 30.5 Å². The summed E-state index contributed by atoms with van der Waals surface area (Å²) in [5, 5.41) is 20.6. The summed E-state index contributed by atoms with van der Waals surface area (Å²) in [7, 11) is 0. The highest BCUT2D eigenvalue weighted by Crippen LogP contribution is 2.20. The second kappa shape index (κ2) is 13.0. The second-order valence-electron chi connectivity index (χ2n) is 6.39. The molecule has 1 aromatic heterocycles. The Morgan fingerprint density at radius 1 is 1.19 bits per heavy atom. The second-order valence-corrected chi connectivity index (χ2v) is 6.80. The normalized spacial score (nSPS) is 10.2. The molecular formula is C20H25FN6O4S. The van der Waals surface area contributed by atoms with Gasteiger partial charge in [-0.05, 0) is 37.7 Å². The van der Waals surface area contributed by atoms with E-state index in [1.54, 1.807) is 25.1 Å². The van der Waals surface area contributed by atoms with Crippen LogP contribution in [0.25, 0.3) is 0 Å². The minimum Gasteiger partial charge on any atom is -0.481 e. The molecule has 32 heavy (non-hydrogen) atoms. The van der Waals surface area contributed by atoms with Gasteiger partial charge in [-0.1, -0.05) is 12.1 Å². The smallest absolute Gasteiger partial charge is 0.343 e. The summed E-state index contributed by atoms with van der Waals surface area (Å²) in [5.41, 5.74) is 0.361. The van der Waals surface area contributed by atoms with E-state index in [1.165, 1.54) is 12.3 Å². The first kappa shape index (κ1) is 24.7. The van der Waals surface area contributed by atoms with Crippen LogP contribution < -0.4 is 21.3 Å². The highest BCUT2D eigenvalue weighted by atomic mass is 32.1. The number of para-hydroxylation sites is 1. The molecule has 0 aliphatic rings. The van der Waals surface area contributed by atoms with Crippen LogP contribution in [-0.2, 0) is 9.53 Å². The average Bonchev–Trinajstić information content (AvgIpc) is 2.75. The standard InChI is InChI=1S/C20H25FN6O4S/c1-2-31-18(30)13-12-25-19(26-15-7-4-3-6-14(15)21)27-17(13)22-9-5-10-23-20(32)24-11-8-16(28)29/h3-4,6-7,12H,2,5,8-11H2,1H3,(H,28,29)(H2,23,24,32)(H2,22,25,26,27). The molecule has 2 rings (SSSR count). The Balaban J connectivity index is 1.95. The number of aromatic nitrogens is 2. The number of rotatable bonds is 12. The fourth-order valence-electron chi connectivity index (χ4n) is 2.46. The van der Waals surface area contributed by atoms with Crippen LogP contribution in [0.5, 0.6) is 0 Å². The van der Waals surface area contributed by atoms with Gasteiger partial charge in [0.15, 0.2) is 5.11 Å². The number of carboxylic acid groups (broad SMARTS) is 1. The molecule has 0 saturated carbocycles. The Hall–Kier alpha value is -3.54. The lowest BCUT2D eigenvalue weighted by Crippen LogP contribution is -2.37. The van der Waals surface area contributed by atoms with Gasteiger partial charge in [0.05, 0.1) is 18.7 Å². The minimum atomic E-state index is -0.907. The molecule has 5 N–H and O–H groups in total. The maximum absolute atomic E-state index is 13.9. The predicted octanol–water partition coefficient (Wildman–Crippen LogP) is 2.28. The van der Waals surface area contributed by atoms with E-state index in [4.69, 9.17) is 22.1 Å². The van der Waals surface area contributed by atoms with Crippen LogP contribution in [0, 0.1) is 5.82 Å². The van der Waals surface area contributed by atoms with E-state index in [0.29, 0.717) is 24.6 Å². The molecule has 0 spiro atoms. The predicted molar refractivity (Wildman–Crippen MR) is 122 cm³/mol. The summed E-state index contributed by atoms with van der Waals surface area (Å²) < 4.78 is 18.9. The quantitative estimate of drug-likeness (QED) is 0.180. The first-order valence-electron chi connectivity index (χ1n) is 9.93. The van der Waals surface area contributed by atoms with Crippen LogP contribution in [0.3, 0.4) is 0 Å². The van der Waals surface area contributed by atoms with Gasteiger partial charge < -0.3 is 31.1 Å². The third-order valence-electron chi connectivity index (χ3n) is 3.96. The number of benzene rings is 1. The number of hydrogen-bond donors (Lipinski definition) is 5. The van der Waals surface area contributed by atoms with Crippen LogP contribution in [-0.4, -0.2) is 58.4 Å². The number of carboxylic acids is 1. The monoisotopic (exact) mass is 464 g/mol. The summed E-state index contributed by atoms with van der Waals surface area (Å²) in [6.45, 7) is 3.07. The Labute approximate surface area is 190 Å². The van der Waals surface area contributed by atoms with Crippen molar-refractivity contribution in [1.82, 2.24) is 20.6 Å². The highest BCUT2D eigenvalue weighted by Gasteiger charge is 2.16. The van der Waals surface area contributed by atoms with E-state index in [-0.39, 0.29) is 42.6 Å². The molecule has 1 heterocycles. The number of thiocarbonyl (C=S) groups is 1. The van der Waals surface area contributed by atoms with Crippen molar-refractivity contribution >= 4 is 46.7 Å². The summed E-state index contributed by atoms with van der Waals surface area (Å²) in [4.78, 5) is 31.1. The number of hydrogen-bond acceptors (Lipinski definition) is 8.